The largest absolute Gasteiger partial charge is 0.497 e. The minimum Gasteiger partial charge on any atom is -0.497 e. The van der Waals surface area contributed by atoms with Crippen molar-refractivity contribution >= 4 is 16.1 Å². The molecule has 2 aromatic carbocycles. The Bertz CT molecular complexity index is 782. The van der Waals surface area contributed by atoms with Crippen molar-refractivity contribution < 1.29 is 32.3 Å². The Morgan fingerprint density at radius 2 is 1.67 bits per heavy atom. The molecule has 0 fully saturated rings. The van der Waals surface area contributed by atoms with Gasteiger partial charge in [-0.1, -0.05) is 24.3 Å². The van der Waals surface area contributed by atoms with Crippen LogP contribution < -0.4 is 9.47 Å². The number of carbonyl (C=O) groups is 1. The topological polar surface area (TPSA) is 110 Å². The number of para-hydroxylation sites is 1. The Morgan fingerprint density at radius 3 is 2.25 bits per heavy atom. The van der Waals surface area contributed by atoms with E-state index in [0.29, 0.717) is 0 Å². The summed E-state index contributed by atoms with van der Waals surface area (Å²) < 4.78 is 37.2. The first kappa shape index (κ1) is 19.5. The summed E-state index contributed by atoms with van der Waals surface area (Å²) in [5.74, 6) is 0.000629. The Kier molecular flexibility index (Phi) is 6.75. The summed E-state index contributed by atoms with van der Waals surface area (Å²) in [5, 5.41) is 0. The van der Waals surface area contributed by atoms with E-state index < -0.39 is 16.1 Å². The minimum atomic E-state index is -3.88. The van der Waals surface area contributed by atoms with Gasteiger partial charge in [0, 0.05) is 0 Å². The molecule has 2 N–H and O–H groups in total. The monoisotopic (exact) mass is 354 g/mol. The van der Waals surface area contributed by atoms with Crippen LogP contribution in [-0.4, -0.2) is 33.2 Å². The number of hydrogen-bond acceptors (Lipinski definition) is 6. The summed E-state index contributed by atoms with van der Waals surface area (Å²) in [6.07, 6.45) is 0.811. The third-order valence-electron chi connectivity index (χ3n) is 2.89. The van der Waals surface area contributed by atoms with E-state index in [-0.39, 0.29) is 23.4 Å². The average molecular weight is 354 g/mol. The molecule has 0 atom stereocenters. The molecule has 0 aliphatic carbocycles. The highest BCUT2D eigenvalue weighted by atomic mass is 32.2. The van der Waals surface area contributed by atoms with Gasteiger partial charge in [-0.15, -0.1) is 0 Å². The van der Waals surface area contributed by atoms with Crippen LogP contribution in [0.15, 0.2) is 48.5 Å². The van der Waals surface area contributed by atoms with Crippen LogP contribution >= 0.6 is 0 Å². The smallest absolute Gasteiger partial charge is 0.357 e. The molecule has 0 aliphatic heterocycles. The summed E-state index contributed by atoms with van der Waals surface area (Å²) in [7, 11) is -2.30. The fourth-order valence-electron chi connectivity index (χ4n) is 1.83. The zero-order valence-corrected chi connectivity index (χ0v) is 14.0. The number of ether oxygens (including phenoxy) is 2. The molecule has 0 bridgehead atoms. The van der Waals surface area contributed by atoms with Gasteiger partial charge in [0.2, 0.25) is 0 Å². The van der Waals surface area contributed by atoms with Crippen molar-refractivity contribution in [3.63, 3.8) is 0 Å². The van der Waals surface area contributed by atoms with E-state index in [0.717, 1.165) is 17.6 Å². The number of rotatable bonds is 6. The highest BCUT2D eigenvalue weighted by Crippen LogP contribution is 2.21. The molecule has 0 aliphatic rings. The Morgan fingerprint density at radius 1 is 1.04 bits per heavy atom. The maximum absolute atomic E-state index is 11.9. The molecule has 0 saturated carbocycles. The number of methoxy groups -OCH3 is 1. The maximum Gasteiger partial charge on any atom is 0.357 e. The molecular formula is C16H18O7S. The van der Waals surface area contributed by atoms with Gasteiger partial charge < -0.3 is 19.1 Å². The molecule has 7 nitrogen and oxygen atoms in total. The molecule has 2 aromatic rings. The second-order valence-corrected chi connectivity index (χ2v) is 6.28. The third-order valence-corrected chi connectivity index (χ3v) is 3.34. The SMILES string of the molecule is COc1ccc(COc2ccccc2C(=O)OS(C)(=O)=O)cc1.O. The first-order valence-corrected chi connectivity index (χ1v) is 8.49. The van der Waals surface area contributed by atoms with Crippen molar-refractivity contribution in [3.8, 4) is 11.5 Å². The van der Waals surface area contributed by atoms with Crippen LogP contribution in [0.2, 0.25) is 0 Å². The van der Waals surface area contributed by atoms with Gasteiger partial charge in [0.25, 0.3) is 0 Å². The average Bonchev–Trinajstić information content (AvgIpc) is 2.52. The van der Waals surface area contributed by atoms with E-state index in [1.54, 1.807) is 37.4 Å². The number of benzene rings is 2. The van der Waals surface area contributed by atoms with Gasteiger partial charge in [-0.05, 0) is 29.8 Å². The second kappa shape index (κ2) is 8.32. The van der Waals surface area contributed by atoms with E-state index >= 15 is 0 Å². The lowest BCUT2D eigenvalue weighted by atomic mass is 10.2. The normalized spacial score (nSPS) is 10.4. The summed E-state index contributed by atoms with van der Waals surface area (Å²) in [6.45, 7) is 0.215. The fraction of sp³-hybridized carbons (Fsp3) is 0.188. The quantitative estimate of drug-likeness (QED) is 0.728. The first-order chi connectivity index (χ1) is 10.9. The van der Waals surface area contributed by atoms with Crippen molar-refractivity contribution in [2.45, 2.75) is 6.61 Å². The number of carbonyl (C=O) groups excluding carboxylic acids is 1. The van der Waals surface area contributed by atoms with E-state index in [9.17, 15) is 13.2 Å². The van der Waals surface area contributed by atoms with Crippen LogP contribution in [0.1, 0.15) is 15.9 Å². The fourth-order valence-corrected chi connectivity index (χ4v) is 2.19. The third kappa shape index (κ3) is 5.56. The molecule has 0 unspecified atom stereocenters. The van der Waals surface area contributed by atoms with Crippen LogP contribution in [0.4, 0.5) is 0 Å². The van der Waals surface area contributed by atoms with E-state index in [1.165, 1.54) is 6.07 Å². The summed E-state index contributed by atoms with van der Waals surface area (Å²) in [6, 6.07) is 13.5. The van der Waals surface area contributed by atoms with Crippen LogP contribution in [0.25, 0.3) is 0 Å². The van der Waals surface area contributed by atoms with Gasteiger partial charge in [-0.3, -0.25) is 0 Å². The first-order valence-electron chi connectivity index (χ1n) is 6.67. The van der Waals surface area contributed by atoms with Crippen molar-refractivity contribution in [3.05, 3.63) is 59.7 Å². The van der Waals surface area contributed by atoms with Crippen LogP contribution in [-0.2, 0) is 20.9 Å². The van der Waals surface area contributed by atoms with Gasteiger partial charge in [0.15, 0.2) is 0 Å². The van der Waals surface area contributed by atoms with Crippen molar-refractivity contribution in [2.24, 2.45) is 0 Å². The summed E-state index contributed by atoms with van der Waals surface area (Å²) >= 11 is 0. The minimum absolute atomic E-state index is 0. The van der Waals surface area contributed by atoms with E-state index in [4.69, 9.17) is 9.47 Å². The molecule has 0 spiro atoms. The highest BCUT2D eigenvalue weighted by Gasteiger charge is 2.18. The van der Waals surface area contributed by atoms with Crippen molar-refractivity contribution in [1.29, 1.82) is 0 Å². The maximum atomic E-state index is 11.9. The molecule has 0 heterocycles. The Hall–Kier alpha value is -2.58. The molecule has 130 valence electrons. The lowest BCUT2D eigenvalue weighted by Gasteiger charge is -2.10. The van der Waals surface area contributed by atoms with Gasteiger partial charge in [-0.25, -0.2) is 4.79 Å². The van der Waals surface area contributed by atoms with Gasteiger partial charge >= 0.3 is 16.1 Å². The zero-order chi connectivity index (χ0) is 16.9. The molecule has 24 heavy (non-hydrogen) atoms. The Balaban J connectivity index is 0.00000288. The van der Waals surface area contributed by atoms with Crippen LogP contribution in [0, 0.1) is 0 Å². The predicted molar refractivity (Wildman–Crippen MR) is 87.6 cm³/mol. The number of hydrogen-bond donors (Lipinski definition) is 0. The van der Waals surface area contributed by atoms with E-state index in [1.807, 2.05) is 12.1 Å². The molecule has 0 saturated heterocycles. The second-order valence-electron chi connectivity index (χ2n) is 4.71. The van der Waals surface area contributed by atoms with Crippen LogP contribution in [0.3, 0.4) is 0 Å². The molecule has 0 amide bonds. The molecule has 0 aromatic heterocycles. The highest BCUT2D eigenvalue weighted by molar-refractivity contribution is 7.86. The van der Waals surface area contributed by atoms with E-state index in [2.05, 4.69) is 4.18 Å². The lowest BCUT2D eigenvalue weighted by molar-refractivity contribution is 0.0743. The molecule has 2 rings (SSSR count). The lowest BCUT2D eigenvalue weighted by Crippen LogP contribution is -2.13. The van der Waals surface area contributed by atoms with Crippen molar-refractivity contribution in [2.75, 3.05) is 13.4 Å². The Labute approximate surface area is 140 Å². The zero-order valence-electron chi connectivity index (χ0n) is 13.2. The predicted octanol–water partition coefficient (Wildman–Crippen LogP) is 1.57. The summed E-state index contributed by atoms with van der Waals surface area (Å²) in [5.41, 5.74) is 0.920. The van der Waals surface area contributed by atoms with Gasteiger partial charge in [-0.2, -0.15) is 8.42 Å². The summed E-state index contributed by atoms with van der Waals surface area (Å²) in [4.78, 5) is 11.9. The van der Waals surface area contributed by atoms with Gasteiger partial charge in [0.1, 0.15) is 23.7 Å². The molecule has 0 radical (unpaired) electrons. The standard InChI is InChI=1S/C16H16O6S.H2O/c1-20-13-9-7-12(8-10-13)11-21-15-6-4-3-5-14(15)16(17)22-23(2,18)19;/h3-10H,11H2,1-2H3;1H2. The molecule has 8 heteroatoms. The van der Waals surface area contributed by atoms with Gasteiger partial charge in [0.05, 0.1) is 13.4 Å². The van der Waals surface area contributed by atoms with Crippen LogP contribution in [0.5, 0.6) is 11.5 Å². The van der Waals surface area contributed by atoms with Crippen molar-refractivity contribution in [1.82, 2.24) is 0 Å². The molecular weight excluding hydrogens is 336 g/mol.